The molecular weight excluding hydrogens is 184 g/mol. The van der Waals surface area contributed by atoms with Crippen molar-refractivity contribution in [3.63, 3.8) is 0 Å². The third kappa shape index (κ3) is 4.52. The normalized spacial score (nSPS) is 21.6. The van der Waals surface area contributed by atoms with Crippen molar-refractivity contribution >= 4 is 0 Å². The van der Waals surface area contributed by atoms with Crippen LogP contribution in [0.1, 0.15) is 46.5 Å². The molecule has 0 amide bonds. The van der Waals surface area contributed by atoms with Gasteiger partial charge in [-0.1, -0.05) is 27.2 Å². The van der Waals surface area contributed by atoms with E-state index in [2.05, 4.69) is 38.0 Å². The second-order valence-electron chi connectivity index (χ2n) is 5.90. The van der Waals surface area contributed by atoms with Crippen LogP contribution in [0.2, 0.25) is 0 Å². The summed E-state index contributed by atoms with van der Waals surface area (Å²) in [6.07, 6.45) is 5.52. The molecule has 0 aliphatic carbocycles. The van der Waals surface area contributed by atoms with Gasteiger partial charge < -0.3 is 10.2 Å². The largest absolute Gasteiger partial charge is 0.316 e. The van der Waals surface area contributed by atoms with Gasteiger partial charge in [0, 0.05) is 6.04 Å². The fourth-order valence-electron chi connectivity index (χ4n) is 2.51. The zero-order chi connectivity index (χ0) is 11.3. The molecule has 0 aromatic rings. The van der Waals surface area contributed by atoms with Crippen LogP contribution in [0.4, 0.5) is 0 Å². The van der Waals surface area contributed by atoms with E-state index >= 15 is 0 Å². The number of piperidine rings is 1. The van der Waals surface area contributed by atoms with Gasteiger partial charge in [-0.25, -0.2) is 0 Å². The molecule has 1 saturated heterocycles. The van der Waals surface area contributed by atoms with Crippen molar-refractivity contribution in [2.24, 2.45) is 5.41 Å². The fourth-order valence-corrected chi connectivity index (χ4v) is 2.51. The Morgan fingerprint density at radius 3 is 2.20 bits per heavy atom. The molecule has 15 heavy (non-hydrogen) atoms. The molecule has 0 radical (unpaired) electrons. The second kappa shape index (κ2) is 5.86. The van der Waals surface area contributed by atoms with Crippen LogP contribution in [0.3, 0.4) is 0 Å². The van der Waals surface area contributed by atoms with Crippen molar-refractivity contribution in [1.29, 1.82) is 0 Å². The van der Waals surface area contributed by atoms with Crippen molar-refractivity contribution in [2.45, 2.75) is 52.5 Å². The average Bonchev–Trinajstić information content (AvgIpc) is 2.18. The number of nitrogens with zero attached hydrogens (tertiary/aromatic N) is 1. The molecule has 1 unspecified atom stereocenters. The Morgan fingerprint density at radius 1 is 1.13 bits per heavy atom. The van der Waals surface area contributed by atoms with E-state index in [0.717, 1.165) is 0 Å². The molecule has 1 aliphatic rings. The molecule has 1 fully saturated rings. The molecule has 0 bridgehead atoms. The molecule has 1 N–H and O–H groups in total. The Hall–Kier alpha value is -0.0800. The van der Waals surface area contributed by atoms with Gasteiger partial charge in [-0.15, -0.1) is 0 Å². The van der Waals surface area contributed by atoms with E-state index in [9.17, 15) is 0 Å². The summed E-state index contributed by atoms with van der Waals surface area (Å²) < 4.78 is 0. The van der Waals surface area contributed by atoms with E-state index in [-0.39, 0.29) is 0 Å². The van der Waals surface area contributed by atoms with E-state index in [0.29, 0.717) is 11.5 Å². The summed E-state index contributed by atoms with van der Waals surface area (Å²) in [6, 6.07) is 0.638. The van der Waals surface area contributed by atoms with Gasteiger partial charge in [0.1, 0.15) is 0 Å². The van der Waals surface area contributed by atoms with Crippen LogP contribution in [0, 0.1) is 5.41 Å². The van der Waals surface area contributed by atoms with E-state index in [1.54, 1.807) is 0 Å². The van der Waals surface area contributed by atoms with Crippen molar-refractivity contribution in [1.82, 2.24) is 10.2 Å². The average molecular weight is 212 g/mol. The third-order valence-corrected chi connectivity index (χ3v) is 3.58. The second-order valence-corrected chi connectivity index (χ2v) is 5.90. The maximum Gasteiger partial charge on any atom is 0.0125 e. The standard InChI is InChI=1S/C13H28N2/c1-13(2,3)12(14-4)8-11-15-9-6-5-7-10-15/h12,14H,5-11H2,1-4H3. The minimum Gasteiger partial charge on any atom is -0.316 e. The molecule has 90 valence electrons. The van der Waals surface area contributed by atoms with Gasteiger partial charge in [-0.2, -0.15) is 0 Å². The van der Waals surface area contributed by atoms with Crippen LogP contribution < -0.4 is 5.32 Å². The molecule has 0 aromatic heterocycles. The lowest BCUT2D eigenvalue weighted by Crippen LogP contribution is -2.41. The molecular formula is C13H28N2. The molecule has 1 aliphatic heterocycles. The predicted molar refractivity (Wildman–Crippen MR) is 67.2 cm³/mol. The number of hydrogen-bond acceptors (Lipinski definition) is 2. The van der Waals surface area contributed by atoms with Crippen molar-refractivity contribution in [3.05, 3.63) is 0 Å². The van der Waals surface area contributed by atoms with E-state index < -0.39 is 0 Å². The quantitative estimate of drug-likeness (QED) is 0.770. The van der Waals surface area contributed by atoms with Gasteiger partial charge in [0.2, 0.25) is 0 Å². The van der Waals surface area contributed by atoms with Gasteiger partial charge in [0.15, 0.2) is 0 Å². The summed E-state index contributed by atoms with van der Waals surface area (Å²) in [5.74, 6) is 0. The van der Waals surface area contributed by atoms with Crippen LogP contribution >= 0.6 is 0 Å². The highest BCUT2D eigenvalue weighted by molar-refractivity contribution is 4.80. The summed E-state index contributed by atoms with van der Waals surface area (Å²) in [5.41, 5.74) is 0.380. The smallest absolute Gasteiger partial charge is 0.0125 e. The summed E-state index contributed by atoms with van der Waals surface area (Å²) in [6.45, 7) is 10.9. The monoisotopic (exact) mass is 212 g/mol. The third-order valence-electron chi connectivity index (χ3n) is 3.58. The molecule has 2 nitrogen and oxygen atoms in total. The Morgan fingerprint density at radius 2 is 1.73 bits per heavy atom. The zero-order valence-electron chi connectivity index (χ0n) is 11.0. The molecule has 0 aromatic carbocycles. The number of hydrogen-bond donors (Lipinski definition) is 1. The molecule has 1 heterocycles. The minimum atomic E-state index is 0.380. The fraction of sp³-hybridized carbons (Fsp3) is 1.00. The lowest BCUT2D eigenvalue weighted by atomic mass is 9.85. The van der Waals surface area contributed by atoms with Crippen molar-refractivity contribution in [2.75, 3.05) is 26.7 Å². The summed E-state index contributed by atoms with van der Waals surface area (Å²) >= 11 is 0. The maximum atomic E-state index is 3.45. The summed E-state index contributed by atoms with van der Waals surface area (Å²) in [5, 5.41) is 3.45. The summed E-state index contributed by atoms with van der Waals surface area (Å²) in [4.78, 5) is 2.62. The van der Waals surface area contributed by atoms with Gasteiger partial charge in [-0.05, 0) is 51.4 Å². The lowest BCUT2D eigenvalue weighted by molar-refractivity contribution is 0.188. The van der Waals surface area contributed by atoms with Gasteiger partial charge in [0.25, 0.3) is 0 Å². The number of rotatable bonds is 4. The summed E-state index contributed by atoms with van der Waals surface area (Å²) in [7, 11) is 2.09. The highest BCUT2D eigenvalue weighted by Crippen LogP contribution is 2.22. The molecule has 0 saturated carbocycles. The molecule has 1 atom stereocenters. The maximum absolute atomic E-state index is 3.45. The Kier molecular flexibility index (Phi) is 5.07. The Labute approximate surface area is 95.4 Å². The van der Waals surface area contributed by atoms with Gasteiger partial charge in [-0.3, -0.25) is 0 Å². The van der Waals surface area contributed by atoms with Crippen molar-refractivity contribution in [3.8, 4) is 0 Å². The van der Waals surface area contributed by atoms with Crippen LogP contribution in [-0.4, -0.2) is 37.6 Å². The highest BCUT2D eigenvalue weighted by atomic mass is 15.1. The van der Waals surface area contributed by atoms with E-state index in [1.807, 2.05) is 0 Å². The SMILES string of the molecule is CNC(CCN1CCCCC1)C(C)(C)C. The van der Waals surface area contributed by atoms with E-state index in [1.165, 1.54) is 45.3 Å². The number of nitrogens with one attached hydrogen (secondary N) is 1. The highest BCUT2D eigenvalue weighted by Gasteiger charge is 2.23. The Balaban J connectivity index is 2.27. The number of likely N-dealkylation sites (tertiary alicyclic amines) is 1. The topological polar surface area (TPSA) is 15.3 Å². The van der Waals surface area contributed by atoms with Crippen LogP contribution in [-0.2, 0) is 0 Å². The first-order valence-corrected chi connectivity index (χ1v) is 6.43. The van der Waals surface area contributed by atoms with Crippen molar-refractivity contribution < 1.29 is 0 Å². The van der Waals surface area contributed by atoms with Crippen LogP contribution in [0.25, 0.3) is 0 Å². The van der Waals surface area contributed by atoms with Gasteiger partial charge in [0.05, 0.1) is 0 Å². The molecule has 0 spiro atoms. The molecule has 2 heteroatoms. The van der Waals surface area contributed by atoms with Crippen LogP contribution in [0.15, 0.2) is 0 Å². The first-order chi connectivity index (χ1) is 7.04. The van der Waals surface area contributed by atoms with E-state index in [4.69, 9.17) is 0 Å². The van der Waals surface area contributed by atoms with Gasteiger partial charge >= 0.3 is 0 Å². The minimum absolute atomic E-state index is 0.380. The van der Waals surface area contributed by atoms with Crippen LogP contribution in [0.5, 0.6) is 0 Å². The first-order valence-electron chi connectivity index (χ1n) is 6.43. The molecule has 1 rings (SSSR count). The first kappa shape index (κ1) is 13.0. The predicted octanol–water partition coefficient (Wildman–Crippen LogP) is 2.50. The zero-order valence-corrected chi connectivity index (χ0v) is 11.0. The Bertz CT molecular complexity index is 166. The lowest BCUT2D eigenvalue weighted by Gasteiger charge is -2.33.